The second-order valence-corrected chi connectivity index (χ2v) is 5.76. The molecule has 1 aromatic heterocycles. The minimum Gasteiger partial charge on any atom is -0.301 e. The van der Waals surface area contributed by atoms with E-state index in [9.17, 15) is 13.2 Å². The van der Waals surface area contributed by atoms with E-state index in [1.54, 1.807) is 0 Å². The predicted octanol–water partition coefficient (Wildman–Crippen LogP) is 1.82. The largest absolute Gasteiger partial charge is 0.416 e. The first-order valence-electron chi connectivity index (χ1n) is 7.87. The lowest BCUT2D eigenvalue weighted by Crippen LogP contribution is -2.45. The van der Waals surface area contributed by atoms with E-state index in [0.717, 1.165) is 44.9 Å². The first kappa shape index (κ1) is 16.8. The minimum absolute atomic E-state index is 0.523. The summed E-state index contributed by atoms with van der Waals surface area (Å²) in [4.78, 5) is 4.62. The zero-order valence-corrected chi connectivity index (χ0v) is 13.4. The molecule has 0 amide bonds. The van der Waals surface area contributed by atoms with Gasteiger partial charge in [-0.2, -0.15) is 17.9 Å². The molecule has 0 aliphatic carbocycles. The van der Waals surface area contributed by atoms with E-state index in [0.29, 0.717) is 18.1 Å². The number of aromatic nitrogens is 4. The molecule has 0 bridgehead atoms. The summed E-state index contributed by atoms with van der Waals surface area (Å²) in [5, 5.41) is 11.6. The van der Waals surface area contributed by atoms with Crippen LogP contribution in [0.15, 0.2) is 24.3 Å². The van der Waals surface area contributed by atoms with Crippen molar-refractivity contribution in [3.63, 3.8) is 0 Å². The Bertz CT molecular complexity index is 659. The molecule has 3 rings (SSSR count). The molecule has 1 aliphatic heterocycles. The maximum Gasteiger partial charge on any atom is 0.416 e. The Morgan fingerprint density at radius 2 is 1.62 bits per heavy atom. The summed E-state index contributed by atoms with van der Waals surface area (Å²) in [5.41, 5.74) is -0.160. The topological polar surface area (TPSA) is 50.1 Å². The highest BCUT2D eigenvalue weighted by atomic mass is 19.4. The normalized spacial score (nSPS) is 17.3. The van der Waals surface area contributed by atoms with Gasteiger partial charge in [0.2, 0.25) is 0 Å². The highest BCUT2D eigenvalue weighted by molar-refractivity contribution is 5.35. The molecule has 0 saturated carbocycles. The van der Waals surface area contributed by atoms with Gasteiger partial charge in [-0.1, -0.05) is 6.92 Å². The second-order valence-electron chi connectivity index (χ2n) is 5.76. The van der Waals surface area contributed by atoms with E-state index in [-0.39, 0.29) is 0 Å². The van der Waals surface area contributed by atoms with Gasteiger partial charge in [0.05, 0.1) is 17.8 Å². The highest BCUT2D eigenvalue weighted by Gasteiger charge is 2.30. The van der Waals surface area contributed by atoms with Gasteiger partial charge >= 0.3 is 6.18 Å². The van der Waals surface area contributed by atoms with E-state index in [1.165, 1.54) is 16.8 Å². The van der Waals surface area contributed by atoms with E-state index >= 15 is 0 Å². The van der Waals surface area contributed by atoms with Crippen LogP contribution < -0.4 is 0 Å². The maximum atomic E-state index is 12.7. The van der Waals surface area contributed by atoms with Crippen LogP contribution in [0.25, 0.3) is 5.69 Å². The van der Waals surface area contributed by atoms with Gasteiger partial charge in [0.1, 0.15) is 0 Å². The fourth-order valence-electron chi connectivity index (χ4n) is 2.76. The van der Waals surface area contributed by atoms with Crippen molar-refractivity contribution in [1.29, 1.82) is 0 Å². The average molecular weight is 340 g/mol. The highest BCUT2D eigenvalue weighted by Crippen LogP contribution is 2.29. The van der Waals surface area contributed by atoms with Gasteiger partial charge in [0.15, 0.2) is 5.82 Å². The van der Waals surface area contributed by atoms with Crippen molar-refractivity contribution in [2.24, 2.45) is 0 Å². The lowest BCUT2D eigenvalue weighted by molar-refractivity contribution is -0.137. The molecule has 0 radical (unpaired) electrons. The molecule has 1 fully saturated rings. The van der Waals surface area contributed by atoms with E-state index < -0.39 is 11.7 Å². The predicted molar refractivity (Wildman–Crippen MR) is 81.5 cm³/mol. The fourth-order valence-corrected chi connectivity index (χ4v) is 2.76. The van der Waals surface area contributed by atoms with Gasteiger partial charge in [0.25, 0.3) is 0 Å². The SMILES string of the molecule is CCN1CCN(Cc2nnnn2-c2ccc(C(F)(F)F)cc2)CC1. The molecule has 0 N–H and O–H groups in total. The molecule has 0 atom stereocenters. The number of nitrogens with zero attached hydrogens (tertiary/aromatic N) is 6. The van der Waals surface area contributed by atoms with Crippen LogP contribution in [0.2, 0.25) is 0 Å². The van der Waals surface area contributed by atoms with Gasteiger partial charge in [-0.3, -0.25) is 4.90 Å². The summed E-state index contributed by atoms with van der Waals surface area (Å²) in [6, 6.07) is 4.86. The Morgan fingerprint density at radius 1 is 1.00 bits per heavy atom. The minimum atomic E-state index is -4.35. The van der Waals surface area contributed by atoms with Crippen molar-refractivity contribution in [2.75, 3.05) is 32.7 Å². The van der Waals surface area contributed by atoms with E-state index in [1.807, 2.05) is 0 Å². The van der Waals surface area contributed by atoms with E-state index in [4.69, 9.17) is 0 Å². The second kappa shape index (κ2) is 6.86. The van der Waals surface area contributed by atoms with Crippen LogP contribution in [0.3, 0.4) is 0 Å². The Hall–Kier alpha value is -2.00. The number of tetrazole rings is 1. The smallest absolute Gasteiger partial charge is 0.301 e. The summed E-state index contributed by atoms with van der Waals surface area (Å²) in [5.74, 6) is 0.625. The zero-order chi connectivity index (χ0) is 17.2. The quantitative estimate of drug-likeness (QED) is 0.850. The van der Waals surface area contributed by atoms with Gasteiger partial charge in [0, 0.05) is 26.2 Å². The van der Waals surface area contributed by atoms with Crippen LogP contribution in [-0.2, 0) is 12.7 Å². The zero-order valence-electron chi connectivity index (χ0n) is 13.4. The van der Waals surface area contributed by atoms with Crippen molar-refractivity contribution in [3.8, 4) is 5.69 Å². The third-order valence-electron chi connectivity index (χ3n) is 4.25. The Labute approximate surface area is 137 Å². The van der Waals surface area contributed by atoms with Gasteiger partial charge < -0.3 is 4.90 Å². The Morgan fingerprint density at radius 3 is 2.21 bits per heavy atom. The Kier molecular flexibility index (Phi) is 4.81. The van der Waals surface area contributed by atoms with Crippen LogP contribution in [0.5, 0.6) is 0 Å². The lowest BCUT2D eigenvalue weighted by Gasteiger charge is -2.33. The molecule has 9 heteroatoms. The van der Waals surface area contributed by atoms with E-state index in [2.05, 4.69) is 32.2 Å². The molecular weight excluding hydrogens is 321 g/mol. The third kappa shape index (κ3) is 3.73. The molecule has 24 heavy (non-hydrogen) atoms. The van der Waals surface area contributed by atoms with Gasteiger partial charge in [-0.05, 0) is 41.2 Å². The molecular formula is C15H19F3N6. The number of alkyl halides is 3. The molecule has 0 unspecified atom stereocenters. The molecule has 130 valence electrons. The number of halogens is 3. The monoisotopic (exact) mass is 340 g/mol. The summed E-state index contributed by atoms with van der Waals surface area (Å²) in [7, 11) is 0. The molecule has 6 nitrogen and oxygen atoms in total. The third-order valence-corrected chi connectivity index (χ3v) is 4.25. The average Bonchev–Trinajstić information content (AvgIpc) is 3.03. The molecule has 1 saturated heterocycles. The molecule has 2 heterocycles. The van der Waals surface area contributed by atoms with Crippen molar-refractivity contribution in [3.05, 3.63) is 35.7 Å². The van der Waals surface area contributed by atoms with Crippen molar-refractivity contribution in [2.45, 2.75) is 19.6 Å². The summed E-state index contributed by atoms with van der Waals surface area (Å²) in [6.45, 7) is 7.60. The number of hydrogen-bond acceptors (Lipinski definition) is 5. The maximum absolute atomic E-state index is 12.7. The van der Waals surface area contributed by atoms with Crippen LogP contribution in [-0.4, -0.2) is 62.7 Å². The van der Waals surface area contributed by atoms with Crippen LogP contribution >= 0.6 is 0 Å². The number of benzene rings is 1. The van der Waals surface area contributed by atoms with Crippen LogP contribution in [0.4, 0.5) is 13.2 Å². The summed E-state index contributed by atoms with van der Waals surface area (Å²) in [6.07, 6.45) is -4.35. The number of hydrogen-bond donors (Lipinski definition) is 0. The number of likely N-dealkylation sites (N-methyl/N-ethyl adjacent to an activating group) is 1. The fraction of sp³-hybridized carbons (Fsp3) is 0.533. The molecule has 0 spiro atoms. The van der Waals surface area contributed by atoms with Crippen molar-refractivity contribution in [1.82, 2.24) is 30.0 Å². The number of rotatable bonds is 4. The van der Waals surface area contributed by atoms with Crippen LogP contribution in [0.1, 0.15) is 18.3 Å². The van der Waals surface area contributed by atoms with Gasteiger partial charge in [-0.25, -0.2) is 0 Å². The molecule has 2 aromatic rings. The first-order valence-corrected chi connectivity index (χ1v) is 7.87. The Balaban J connectivity index is 1.71. The van der Waals surface area contributed by atoms with Crippen molar-refractivity contribution >= 4 is 0 Å². The lowest BCUT2D eigenvalue weighted by atomic mass is 10.2. The van der Waals surface area contributed by atoms with Crippen molar-refractivity contribution < 1.29 is 13.2 Å². The molecule has 1 aromatic carbocycles. The summed E-state index contributed by atoms with van der Waals surface area (Å²) >= 11 is 0. The van der Waals surface area contributed by atoms with Crippen LogP contribution in [0, 0.1) is 0 Å². The first-order chi connectivity index (χ1) is 11.5. The summed E-state index contributed by atoms with van der Waals surface area (Å²) < 4.78 is 39.5. The molecule has 1 aliphatic rings. The van der Waals surface area contributed by atoms with Gasteiger partial charge in [-0.15, -0.1) is 5.10 Å². The number of piperazine rings is 1. The standard InChI is InChI=1S/C15H19F3N6/c1-2-22-7-9-23(10-8-22)11-14-19-20-21-24(14)13-5-3-12(4-6-13)15(16,17)18/h3-6H,2,7-11H2,1H3.